The molecule has 0 aliphatic rings. The number of aromatic hydroxyl groups is 1. The second-order valence-electron chi connectivity index (χ2n) is 5.62. The van der Waals surface area contributed by atoms with Gasteiger partial charge in [0, 0.05) is 24.8 Å². The molecule has 0 aliphatic carbocycles. The fraction of sp³-hybridized carbons (Fsp3) is 0.211. The van der Waals surface area contributed by atoms with Gasteiger partial charge in [-0.3, -0.25) is 9.59 Å². The quantitative estimate of drug-likeness (QED) is 0.638. The zero-order valence-electron chi connectivity index (χ0n) is 13.5. The van der Waals surface area contributed by atoms with Gasteiger partial charge in [-0.05, 0) is 17.7 Å². The Labute approximate surface area is 145 Å². The maximum Gasteiger partial charge on any atom is 0.326 e. The van der Waals surface area contributed by atoms with E-state index < -0.39 is 17.9 Å². The highest BCUT2D eigenvalue weighted by molar-refractivity contribution is 5.98. The number of phenolic OH excluding ortho intramolecular Hbond substituents is 1. The highest BCUT2D eigenvalue weighted by atomic mass is 16.4. The molecule has 0 aromatic heterocycles. The lowest BCUT2D eigenvalue weighted by Crippen LogP contribution is -2.42. The van der Waals surface area contributed by atoms with Crippen molar-refractivity contribution >= 4 is 17.7 Å². The molecule has 0 bridgehead atoms. The predicted octanol–water partition coefficient (Wildman–Crippen LogP) is 2.17. The number of aliphatic carboxylic acids is 1. The summed E-state index contributed by atoms with van der Waals surface area (Å²) in [5.74, 6) is -1.73. The molecule has 0 heterocycles. The van der Waals surface area contributed by atoms with Gasteiger partial charge in [0.1, 0.15) is 11.8 Å². The third-order valence-electron chi connectivity index (χ3n) is 3.68. The van der Waals surface area contributed by atoms with Crippen molar-refractivity contribution in [2.45, 2.75) is 25.3 Å². The molecule has 2 aromatic rings. The molecule has 0 unspecified atom stereocenters. The maximum absolute atomic E-state index is 12.0. The van der Waals surface area contributed by atoms with Gasteiger partial charge < -0.3 is 15.5 Å². The summed E-state index contributed by atoms with van der Waals surface area (Å²) in [4.78, 5) is 35.3. The largest absolute Gasteiger partial charge is 0.508 e. The molecule has 3 N–H and O–H groups in total. The van der Waals surface area contributed by atoms with Crippen LogP contribution in [-0.4, -0.2) is 33.9 Å². The van der Waals surface area contributed by atoms with Gasteiger partial charge in [-0.1, -0.05) is 42.5 Å². The Hall–Kier alpha value is -3.15. The van der Waals surface area contributed by atoms with Crippen molar-refractivity contribution in [3.05, 3.63) is 65.7 Å². The van der Waals surface area contributed by atoms with Crippen LogP contribution in [0, 0.1) is 0 Å². The number of benzene rings is 2. The Balaban J connectivity index is 1.88. The van der Waals surface area contributed by atoms with Crippen LogP contribution in [0.2, 0.25) is 0 Å². The first-order chi connectivity index (χ1) is 12.0. The van der Waals surface area contributed by atoms with Gasteiger partial charge in [-0.25, -0.2) is 4.79 Å². The molecule has 2 rings (SSSR count). The number of phenols is 1. The van der Waals surface area contributed by atoms with Gasteiger partial charge in [-0.15, -0.1) is 0 Å². The van der Waals surface area contributed by atoms with E-state index in [1.807, 2.05) is 0 Å². The Morgan fingerprint density at radius 1 is 0.920 bits per heavy atom. The van der Waals surface area contributed by atoms with Crippen LogP contribution in [0.25, 0.3) is 0 Å². The number of ketones is 1. The Kier molecular flexibility index (Phi) is 6.28. The van der Waals surface area contributed by atoms with Crippen LogP contribution < -0.4 is 5.32 Å². The van der Waals surface area contributed by atoms with E-state index in [4.69, 9.17) is 0 Å². The molecular formula is C19H19NO5. The third-order valence-corrected chi connectivity index (χ3v) is 3.68. The van der Waals surface area contributed by atoms with Crippen LogP contribution in [0.5, 0.6) is 5.75 Å². The summed E-state index contributed by atoms with van der Waals surface area (Å²) in [5, 5.41) is 20.9. The first-order valence-corrected chi connectivity index (χ1v) is 7.84. The van der Waals surface area contributed by atoms with Crippen LogP contribution in [0.3, 0.4) is 0 Å². The Morgan fingerprint density at radius 2 is 1.56 bits per heavy atom. The van der Waals surface area contributed by atoms with Crippen molar-refractivity contribution in [3.8, 4) is 5.75 Å². The molecule has 25 heavy (non-hydrogen) atoms. The van der Waals surface area contributed by atoms with Gasteiger partial charge in [0.05, 0.1) is 0 Å². The zero-order valence-corrected chi connectivity index (χ0v) is 13.5. The van der Waals surface area contributed by atoms with Crippen molar-refractivity contribution in [1.82, 2.24) is 5.32 Å². The van der Waals surface area contributed by atoms with Gasteiger partial charge >= 0.3 is 5.97 Å². The molecule has 0 fully saturated rings. The summed E-state index contributed by atoms with van der Waals surface area (Å²) in [6.07, 6.45) is 0.0302. The van der Waals surface area contributed by atoms with Crippen molar-refractivity contribution in [1.29, 1.82) is 0 Å². The average Bonchev–Trinajstić information content (AvgIpc) is 2.61. The Bertz CT molecular complexity index is 740. The lowest BCUT2D eigenvalue weighted by atomic mass is 10.0. The number of hydrogen-bond donors (Lipinski definition) is 3. The first-order valence-electron chi connectivity index (χ1n) is 7.84. The number of rotatable bonds is 8. The number of carboxylic acid groups (broad SMARTS) is 1. The summed E-state index contributed by atoms with van der Waals surface area (Å²) in [7, 11) is 0. The molecule has 6 heteroatoms. The van der Waals surface area contributed by atoms with Crippen LogP contribution in [0.4, 0.5) is 0 Å². The van der Waals surface area contributed by atoms with E-state index in [2.05, 4.69) is 5.32 Å². The molecule has 0 saturated heterocycles. The Morgan fingerprint density at radius 3 is 2.16 bits per heavy atom. The molecule has 6 nitrogen and oxygen atoms in total. The fourth-order valence-corrected chi connectivity index (χ4v) is 2.33. The van der Waals surface area contributed by atoms with Gasteiger partial charge in [0.25, 0.3) is 0 Å². The van der Waals surface area contributed by atoms with Crippen LogP contribution >= 0.6 is 0 Å². The summed E-state index contributed by atoms with van der Waals surface area (Å²) in [5.41, 5.74) is 1.19. The molecule has 0 spiro atoms. The zero-order chi connectivity index (χ0) is 18.2. The lowest BCUT2D eigenvalue weighted by molar-refractivity contribution is -0.141. The van der Waals surface area contributed by atoms with Gasteiger partial charge in [0.15, 0.2) is 5.78 Å². The normalized spacial score (nSPS) is 11.5. The van der Waals surface area contributed by atoms with Gasteiger partial charge in [-0.2, -0.15) is 0 Å². The SMILES string of the molecule is O=C(CCC(=O)c1ccccc1)N[C@@H](Cc1ccc(O)cc1)C(=O)O. The molecule has 0 radical (unpaired) electrons. The van der Waals surface area contributed by atoms with E-state index in [1.54, 1.807) is 42.5 Å². The number of amides is 1. The first kappa shape index (κ1) is 18.2. The topological polar surface area (TPSA) is 104 Å². The molecule has 0 saturated carbocycles. The highest BCUT2D eigenvalue weighted by Gasteiger charge is 2.21. The number of Topliss-reactive ketones (excluding diaryl/α,β-unsaturated/α-hetero) is 1. The average molecular weight is 341 g/mol. The second kappa shape index (κ2) is 8.63. The summed E-state index contributed by atoms with van der Waals surface area (Å²) < 4.78 is 0. The molecule has 0 aliphatic heterocycles. The van der Waals surface area contributed by atoms with Crippen LogP contribution in [0.15, 0.2) is 54.6 Å². The third kappa shape index (κ3) is 5.76. The van der Waals surface area contributed by atoms with E-state index >= 15 is 0 Å². The standard InChI is InChI=1S/C19H19NO5/c21-15-8-6-13(7-9-15)12-16(19(24)25)20-18(23)11-10-17(22)14-4-2-1-3-5-14/h1-9,16,21H,10-12H2,(H,20,23)(H,24,25)/t16-/m0/s1. The minimum Gasteiger partial charge on any atom is -0.508 e. The van der Waals surface area contributed by atoms with Crippen LogP contribution in [0.1, 0.15) is 28.8 Å². The summed E-state index contributed by atoms with van der Waals surface area (Å²) >= 11 is 0. The number of carbonyl (C=O) groups excluding carboxylic acids is 2. The number of hydrogen-bond acceptors (Lipinski definition) is 4. The second-order valence-corrected chi connectivity index (χ2v) is 5.62. The van der Waals surface area contributed by atoms with Crippen LogP contribution in [-0.2, 0) is 16.0 Å². The number of carboxylic acids is 1. The lowest BCUT2D eigenvalue weighted by Gasteiger charge is -2.14. The molecule has 1 atom stereocenters. The summed E-state index contributed by atoms with van der Waals surface area (Å²) in [6.45, 7) is 0. The molecule has 130 valence electrons. The molecule has 2 aromatic carbocycles. The minimum atomic E-state index is -1.16. The van der Waals surface area contributed by atoms with E-state index in [-0.39, 0.29) is 30.8 Å². The van der Waals surface area contributed by atoms with Crippen molar-refractivity contribution in [2.24, 2.45) is 0 Å². The van der Waals surface area contributed by atoms with Crippen molar-refractivity contribution in [2.75, 3.05) is 0 Å². The van der Waals surface area contributed by atoms with E-state index in [9.17, 15) is 24.6 Å². The van der Waals surface area contributed by atoms with E-state index in [0.29, 0.717) is 11.1 Å². The fourth-order valence-electron chi connectivity index (χ4n) is 2.33. The monoisotopic (exact) mass is 341 g/mol. The maximum atomic E-state index is 12.0. The predicted molar refractivity (Wildman–Crippen MR) is 91.4 cm³/mol. The molecular weight excluding hydrogens is 322 g/mol. The van der Waals surface area contributed by atoms with E-state index in [1.165, 1.54) is 12.1 Å². The van der Waals surface area contributed by atoms with Crippen molar-refractivity contribution < 1.29 is 24.6 Å². The molecule has 1 amide bonds. The minimum absolute atomic E-state index is 0.0153. The smallest absolute Gasteiger partial charge is 0.326 e. The number of carbonyl (C=O) groups is 3. The highest BCUT2D eigenvalue weighted by Crippen LogP contribution is 2.12. The van der Waals surface area contributed by atoms with E-state index in [0.717, 1.165) is 0 Å². The van der Waals surface area contributed by atoms with Gasteiger partial charge in [0.2, 0.25) is 5.91 Å². The number of nitrogens with one attached hydrogen (secondary N) is 1. The van der Waals surface area contributed by atoms with Crippen molar-refractivity contribution in [3.63, 3.8) is 0 Å². The summed E-state index contributed by atoms with van der Waals surface area (Å²) in [6, 6.07) is 13.6.